The summed E-state index contributed by atoms with van der Waals surface area (Å²) in [6.07, 6.45) is 3.18. The molecular formula is C20H20F3N3O2S2. The fraction of sp³-hybridized carbons (Fsp3) is 0.300. The number of anilines is 1. The molecule has 0 saturated heterocycles. The van der Waals surface area contributed by atoms with Crippen LogP contribution in [0.3, 0.4) is 0 Å². The van der Waals surface area contributed by atoms with Crippen LogP contribution in [0.2, 0.25) is 0 Å². The minimum Gasteiger partial charge on any atom is -0.280 e. The van der Waals surface area contributed by atoms with E-state index in [2.05, 4.69) is 23.8 Å². The van der Waals surface area contributed by atoms with E-state index in [-0.39, 0.29) is 11.3 Å². The molecule has 0 spiro atoms. The first-order valence-electron chi connectivity index (χ1n) is 9.04. The lowest BCUT2D eigenvalue weighted by atomic mass is 10.0. The number of hydrogen-bond acceptors (Lipinski definition) is 5. The lowest BCUT2D eigenvalue weighted by Crippen LogP contribution is -2.14. The zero-order chi connectivity index (χ0) is 22.2. The summed E-state index contributed by atoms with van der Waals surface area (Å²) in [5.74, 6) is -3.65. The predicted octanol–water partition coefficient (Wildman–Crippen LogP) is 5.17. The molecule has 2 aromatic heterocycles. The van der Waals surface area contributed by atoms with Gasteiger partial charge >= 0.3 is 0 Å². The summed E-state index contributed by atoms with van der Waals surface area (Å²) in [4.78, 5) is 8.60. The smallest absolute Gasteiger partial charge is 0.229 e. The lowest BCUT2D eigenvalue weighted by molar-refractivity contribution is 0.499. The van der Waals surface area contributed by atoms with E-state index in [1.54, 1.807) is 12.3 Å². The maximum Gasteiger partial charge on any atom is 0.229 e. The number of hydrogen-bond donors (Lipinski definition) is 1. The van der Waals surface area contributed by atoms with Gasteiger partial charge in [0.15, 0.2) is 11.6 Å². The maximum atomic E-state index is 14.9. The summed E-state index contributed by atoms with van der Waals surface area (Å²) in [5, 5.41) is 1.94. The largest absolute Gasteiger partial charge is 0.280 e. The van der Waals surface area contributed by atoms with Gasteiger partial charge < -0.3 is 0 Å². The summed E-state index contributed by atoms with van der Waals surface area (Å²) in [6.45, 7) is 5.31. The summed E-state index contributed by atoms with van der Waals surface area (Å²) in [7, 11) is -3.92. The third kappa shape index (κ3) is 4.65. The monoisotopic (exact) mass is 455 g/mol. The van der Waals surface area contributed by atoms with Crippen LogP contribution < -0.4 is 4.72 Å². The molecule has 0 fully saturated rings. The van der Waals surface area contributed by atoms with E-state index in [9.17, 15) is 21.6 Å². The van der Waals surface area contributed by atoms with Crippen molar-refractivity contribution in [2.24, 2.45) is 5.92 Å². The normalized spacial score (nSPS) is 11.9. The molecule has 0 amide bonds. The van der Waals surface area contributed by atoms with Crippen molar-refractivity contribution in [2.45, 2.75) is 27.2 Å². The Hall–Kier alpha value is -2.46. The summed E-state index contributed by atoms with van der Waals surface area (Å²) in [6, 6.07) is 3.60. The van der Waals surface area contributed by atoms with Gasteiger partial charge in [-0.25, -0.2) is 26.6 Å². The lowest BCUT2D eigenvalue weighted by Gasteiger charge is -2.13. The first-order valence-corrected chi connectivity index (χ1v) is 11.8. The van der Waals surface area contributed by atoms with Crippen LogP contribution in [-0.2, 0) is 16.4 Å². The van der Waals surface area contributed by atoms with Gasteiger partial charge in [0.2, 0.25) is 10.0 Å². The van der Waals surface area contributed by atoms with Gasteiger partial charge in [0.1, 0.15) is 10.8 Å². The topological polar surface area (TPSA) is 72.0 Å². The van der Waals surface area contributed by atoms with Crippen molar-refractivity contribution in [3.8, 4) is 21.8 Å². The van der Waals surface area contributed by atoms with Gasteiger partial charge in [-0.1, -0.05) is 13.8 Å². The van der Waals surface area contributed by atoms with E-state index in [1.165, 1.54) is 12.3 Å². The summed E-state index contributed by atoms with van der Waals surface area (Å²) >= 11 is 1.16. The Morgan fingerprint density at radius 1 is 1.17 bits per heavy atom. The van der Waals surface area contributed by atoms with Gasteiger partial charge in [-0.15, -0.1) is 11.3 Å². The zero-order valence-electron chi connectivity index (χ0n) is 16.8. The second kappa shape index (κ2) is 8.35. The average Bonchev–Trinajstić information content (AvgIpc) is 3.12. The third-order valence-electron chi connectivity index (χ3n) is 4.28. The minimum absolute atomic E-state index is 0.0693. The van der Waals surface area contributed by atoms with E-state index in [0.717, 1.165) is 35.3 Å². The van der Waals surface area contributed by atoms with Crippen molar-refractivity contribution in [3.05, 3.63) is 52.4 Å². The van der Waals surface area contributed by atoms with Gasteiger partial charge in [-0.3, -0.25) is 9.71 Å². The molecule has 2 heterocycles. The maximum absolute atomic E-state index is 14.9. The number of sulfonamides is 1. The minimum atomic E-state index is -3.92. The van der Waals surface area contributed by atoms with E-state index in [4.69, 9.17) is 0 Å². The Balaban J connectivity index is 2.06. The predicted molar refractivity (Wildman–Crippen MR) is 112 cm³/mol. The highest BCUT2D eigenvalue weighted by Gasteiger charge is 2.27. The van der Waals surface area contributed by atoms with Crippen molar-refractivity contribution in [1.82, 2.24) is 9.97 Å². The molecule has 0 atom stereocenters. The molecule has 0 aliphatic rings. The molecule has 0 saturated carbocycles. The molecule has 1 aromatic carbocycles. The van der Waals surface area contributed by atoms with Crippen LogP contribution >= 0.6 is 11.3 Å². The molecular weight excluding hydrogens is 435 g/mol. The Morgan fingerprint density at radius 3 is 2.50 bits per heavy atom. The van der Waals surface area contributed by atoms with Crippen molar-refractivity contribution >= 4 is 27.0 Å². The van der Waals surface area contributed by atoms with Crippen LogP contribution in [0.1, 0.15) is 25.1 Å². The quantitative estimate of drug-likeness (QED) is 0.521. The van der Waals surface area contributed by atoms with Crippen LogP contribution in [0.5, 0.6) is 0 Å². The van der Waals surface area contributed by atoms with Gasteiger partial charge in [0.25, 0.3) is 0 Å². The van der Waals surface area contributed by atoms with E-state index < -0.39 is 38.7 Å². The molecule has 0 bridgehead atoms. The Morgan fingerprint density at radius 2 is 1.87 bits per heavy atom. The second-order valence-corrected chi connectivity index (χ2v) is 9.97. The Labute approximate surface area is 177 Å². The molecule has 1 N–H and O–H groups in total. The number of aromatic nitrogens is 2. The van der Waals surface area contributed by atoms with Gasteiger partial charge in [-0.05, 0) is 31.4 Å². The average molecular weight is 456 g/mol. The number of thiazole rings is 1. The molecule has 0 aliphatic carbocycles. The molecule has 160 valence electrons. The highest BCUT2D eigenvalue weighted by atomic mass is 32.2. The molecule has 3 aromatic rings. The fourth-order valence-corrected chi connectivity index (χ4v) is 4.39. The number of rotatable bonds is 6. The molecule has 0 unspecified atom stereocenters. The summed E-state index contributed by atoms with van der Waals surface area (Å²) < 4.78 is 68.7. The molecule has 0 radical (unpaired) electrons. The molecule has 0 aliphatic heterocycles. The molecule has 10 heteroatoms. The van der Waals surface area contributed by atoms with Crippen molar-refractivity contribution in [2.75, 3.05) is 11.0 Å². The molecule has 3 rings (SSSR count). The highest BCUT2D eigenvalue weighted by molar-refractivity contribution is 7.92. The number of nitrogens with zero attached hydrogens (tertiary/aromatic N) is 2. The van der Waals surface area contributed by atoms with Gasteiger partial charge in [-0.2, -0.15) is 0 Å². The van der Waals surface area contributed by atoms with Crippen molar-refractivity contribution in [1.29, 1.82) is 0 Å². The molecule has 30 heavy (non-hydrogen) atoms. The van der Waals surface area contributed by atoms with Crippen LogP contribution in [0.25, 0.3) is 21.8 Å². The standard InChI is InChI=1S/C20H20F3N3O2S2/c1-10(2)7-13-8-12(5-6-24-13)20-25-14(9-29-20)15-16(21)11(3)19(18(23)17(15)22)26-30(4,27)28/h5-6,8-10,26H,7H2,1-4H3. The number of benzene rings is 1. The van der Waals surface area contributed by atoms with Gasteiger partial charge in [0, 0.05) is 28.4 Å². The van der Waals surface area contributed by atoms with Crippen LogP contribution in [0.15, 0.2) is 23.7 Å². The SMILES string of the molecule is Cc1c(F)c(-c2csc(-c3ccnc(CC(C)C)c3)n2)c(F)c(F)c1NS(C)(=O)=O. The Bertz CT molecular complexity index is 1180. The van der Waals surface area contributed by atoms with Crippen LogP contribution in [-0.4, -0.2) is 24.6 Å². The molecule has 5 nitrogen and oxygen atoms in total. The van der Waals surface area contributed by atoms with E-state index in [1.807, 2.05) is 10.8 Å². The Kier molecular flexibility index (Phi) is 6.19. The van der Waals surface area contributed by atoms with E-state index in [0.29, 0.717) is 10.9 Å². The van der Waals surface area contributed by atoms with Gasteiger partial charge in [0.05, 0.1) is 23.2 Å². The van der Waals surface area contributed by atoms with E-state index >= 15 is 0 Å². The van der Waals surface area contributed by atoms with Crippen LogP contribution in [0, 0.1) is 30.3 Å². The van der Waals surface area contributed by atoms with Crippen LogP contribution in [0.4, 0.5) is 18.9 Å². The first kappa shape index (κ1) is 22.2. The zero-order valence-corrected chi connectivity index (χ0v) is 18.4. The number of halogens is 3. The number of nitrogens with one attached hydrogen (secondary N) is 1. The third-order valence-corrected chi connectivity index (χ3v) is 5.75. The fourth-order valence-electron chi connectivity index (χ4n) is 2.97. The number of pyridine rings is 1. The highest BCUT2D eigenvalue weighted by Crippen LogP contribution is 2.37. The second-order valence-electron chi connectivity index (χ2n) is 7.36. The summed E-state index contributed by atoms with van der Waals surface area (Å²) in [5.41, 5.74) is -0.200. The van der Waals surface area contributed by atoms with Crippen molar-refractivity contribution in [3.63, 3.8) is 0 Å². The van der Waals surface area contributed by atoms with Crippen molar-refractivity contribution < 1.29 is 21.6 Å². The first-order chi connectivity index (χ1) is 14.0.